The lowest BCUT2D eigenvalue weighted by molar-refractivity contribution is 0.0728. The summed E-state index contributed by atoms with van der Waals surface area (Å²) in [6.45, 7) is 4.62. The molecule has 0 aliphatic carbocycles. The molecule has 0 radical (unpaired) electrons. The van der Waals surface area contributed by atoms with Crippen LogP contribution in [-0.2, 0) is 0 Å². The molecule has 0 bridgehead atoms. The Morgan fingerprint density at radius 3 is 2.68 bits per heavy atom. The van der Waals surface area contributed by atoms with Crippen LogP contribution < -0.4 is 0 Å². The predicted octanol–water partition coefficient (Wildman–Crippen LogP) is 3.91. The number of likely N-dealkylation sites (tertiary alicyclic amines) is 1. The summed E-state index contributed by atoms with van der Waals surface area (Å²) in [5.74, 6) is 0.921. The van der Waals surface area contributed by atoms with Gasteiger partial charge in [-0.15, -0.1) is 0 Å². The fourth-order valence-electron chi connectivity index (χ4n) is 4.03. The van der Waals surface area contributed by atoms with E-state index in [9.17, 15) is 4.79 Å². The number of carbonyl (C=O) groups is 1. The molecule has 1 unspecified atom stereocenters. The largest absolute Gasteiger partial charge is 0.334 e. The van der Waals surface area contributed by atoms with Crippen molar-refractivity contribution in [2.24, 2.45) is 0 Å². The van der Waals surface area contributed by atoms with Gasteiger partial charge in [0.05, 0.1) is 29.7 Å². The molecule has 0 saturated carbocycles. The molecule has 1 aliphatic heterocycles. The quantitative estimate of drug-likeness (QED) is 0.503. The van der Waals surface area contributed by atoms with Gasteiger partial charge in [-0.1, -0.05) is 34.5 Å². The van der Waals surface area contributed by atoms with Crippen LogP contribution in [0.3, 0.4) is 0 Å². The summed E-state index contributed by atoms with van der Waals surface area (Å²) in [6, 6.07) is 13.4. The maximum absolute atomic E-state index is 13.6. The van der Waals surface area contributed by atoms with Crippen molar-refractivity contribution in [3.63, 3.8) is 0 Å². The molecule has 1 amide bonds. The highest BCUT2D eigenvalue weighted by Gasteiger charge is 2.35. The molecular formula is C23H22N6O2. The van der Waals surface area contributed by atoms with Crippen LogP contribution in [0, 0.1) is 13.8 Å². The SMILES string of the molecule is Cc1cccc(-c2nc(C3CCCN3C(=O)c3cc(C)ccc3-n3nccn3)no2)c1. The molecule has 1 saturated heterocycles. The van der Waals surface area contributed by atoms with Crippen molar-refractivity contribution < 1.29 is 9.32 Å². The first-order chi connectivity index (χ1) is 15.1. The Labute approximate surface area is 179 Å². The van der Waals surface area contributed by atoms with Crippen LogP contribution in [0.1, 0.15) is 46.2 Å². The Bertz CT molecular complexity index is 1230. The molecule has 8 heteroatoms. The number of aryl methyl sites for hydroxylation is 2. The second kappa shape index (κ2) is 7.79. The Kier molecular flexibility index (Phi) is 4.82. The van der Waals surface area contributed by atoms with Crippen LogP contribution in [0.15, 0.2) is 59.4 Å². The van der Waals surface area contributed by atoms with Crippen molar-refractivity contribution >= 4 is 5.91 Å². The summed E-state index contributed by atoms with van der Waals surface area (Å²) in [5, 5.41) is 12.6. The van der Waals surface area contributed by atoms with Crippen molar-refractivity contribution in [1.29, 1.82) is 0 Å². The highest BCUT2D eigenvalue weighted by atomic mass is 16.5. The van der Waals surface area contributed by atoms with Crippen LogP contribution in [0.2, 0.25) is 0 Å². The molecule has 3 heterocycles. The number of carbonyl (C=O) groups excluding carboxylic acids is 1. The third-order valence-electron chi connectivity index (χ3n) is 5.54. The van der Waals surface area contributed by atoms with Gasteiger partial charge in [0, 0.05) is 12.1 Å². The first-order valence-corrected chi connectivity index (χ1v) is 10.3. The van der Waals surface area contributed by atoms with Gasteiger partial charge in [-0.25, -0.2) is 0 Å². The molecule has 1 fully saturated rings. The van der Waals surface area contributed by atoms with E-state index in [1.165, 1.54) is 4.80 Å². The van der Waals surface area contributed by atoms with Crippen LogP contribution >= 0.6 is 0 Å². The van der Waals surface area contributed by atoms with Crippen LogP contribution in [0.5, 0.6) is 0 Å². The number of hydrogen-bond donors (Lipinski definition) is 0. The smallest absolute Gasteiger partial charge is 0.258 e. The fourth-order valence-corrected chi connectivity index (χ4v) is 4.03. The van der Waals surface area contributed by atoms with Gasteiger partial charge in [0.15, 0.2) is 5.82 Å². The van der Waals surface area contributed by atoms with Gasteiger partial charge in [-0.05, 0) is 51.0 Å². The zero-order valence-corrected chi connectivity index (χ0v) is 17.4. The monoisotopic (exact) mass is 414 g/mol. The van der Waals surface area contributed by atoms with Crippen molar-refractivity contribution in [2.75, 3.05) is 6.54 Å². The Balaban J connectivity index is 1.47. The maximum Gasteiger partial charge on any atom is 0.258 e. The van der Waals surface area contributed by atoms with Crippen LogP contribution in [0.25, 0.3) is 17.1 Å². The van der Waals surface area contributed by atoms with Gasteiger partial charge in [-0.3, -0.25) is 4.79 Å². The number of amides is 1. The van der Waals surface area contributed by atoms with E-state index in [1.54, 1.807) is 12.4 Å². The van der Waals surface area contributed by atoms with Crippen molar-refractivity contribution in [3.05, 3.63) is 77.4 Å². The molecule has 156 valence electrons. The molecule has 0 N–H and O–H groups in total. The highest BCUT2D eigenvalue weighted by molar-refractivity contribution is 5.98. The average molecular weight is 414 g/mol. The number of benzene rings is 2. The predicted molar refractivity (Wildman–Crippen MR) is 114 cm³/mol. The topological polar surface area (TPSA) is 89.9 Å². The second-order valence-corrected chi connectivity index (χ2v) is 7.82. The van der Waals surface area contributed by atoms with Gasteiger partial charge in [-0.2, -0.15) is 20.0 Å². The lowest BCUT2D eigenvalue weighted by Gasteiger charge is -2.23. The number of nitrogens with zero attached hydrogens (tertiary/aromatic N) is 6. The van der Waals surface area contributed by atoms with E-state index >= 15 is 0 Å². The Hall–Kier alpha value is -3.81. The van der Waals surface area contributed by atoms with E-state index in [0.29, 0.717) is 29.5 Å². The summed E-state index contributed by atoms with van der Waals surface area (Å²) in [6.07, 6.45) is 4.86. The molecule has 8 nitrogen and oxygen atoms in total. The molecular weight excluding hydrogens is 392 g/mol. The zero-order chi connectivity index (χ0) is 21.4. The number of aromatic nitrogens is 5. The summed E-state index contributed by atoms with van der Waals surface area (Å²) < 4.78 is 5.53. The van der Waals surface area contributed by atoms with Gasteiger partial charge in [0.2, 0.25) is 0 Å². The van der Waals surface area contributed by atoms with E-state index in [0.717, 1.165) is 29.5 Å². The normalized spacial score (nSPS) is 16.1. The first kappa shape index (κ1) is 19.2. The van der Waals surface area contributed by atoms with Crippen molar-refractivity contribution in [3.8, 4) is 17.1 Å². The van der Waals surface area contributed by atoms with E-state index in [1.807, 2.05) is 61.2 Å². The van der Waals surface area contributed by atoms with E-state index in [4.69, 9.17) is 4.52 Å². The molecule has 0 spiro atoms. The second-order valence-electron chi connectivity index (χ2n) is 7.82. The lowest BCUT2D eigenvalue weighted by Crippen LogP contribution is -2.32. The summed E-state index contributed by atoms with van der Waals surface area (Å²) in [5.41, 5.74) is 4.20. The fraction of sp³-hybridized carbons (Fsp3) is 0.261. The maximum atomic E-state index is 13.6. The Morgan fingerprint density at radius 1 is 1.06 bits per heavy atom. The minimum Gasteiger partial charge on any atom is -0.334 e. The third-order valence-corrected chi connectivity index (χ3v) is 5.54. The van der Waals surface area contributed by atoms with E-state index in [-0.39, 0.29) is 11.9 Å². The molecule has 2 aromatic carbocycles. The molecule has 4 aromatic rings. The molecule has 31 heavy (non-hydrogen) atoms. The first-order valence-electron chi connectivity index (χ1n) is 10.3. The lowest BCUT2D eigenvalue weighted by atomic mass is 10.1. The van der Waals surface area contributed by atoms with E-state index in [2.05, 4.69) is 20.3 Å². The van der Waals surface area contributed by atoms with Crippen LogP contribution in [0.4, 0.5) is 0 Å². The standard InChI is InChI=1S/C23H22N6O2/c1-15-5-3-6-17(13-15)22-26-21(27-31-22)20-7-4-12-28(20)23(30)18-14-16(2)8-9-19(18)29-24-10-11-25-29/h3,5-6,8-11,13-14,20H,4,7,12H2,1-2H3. The van der Waals surface area contributed by atoms with Crippen molar-refractivity contribution in [1.82, 2.24) is 30.0 Å². The third kappa shape index (κ3) is 3.61. The average Bonchev–Trinajstić information content (AvgIpc) is 3.54. The zero-order valence-electron chi connectivity index (χ0n) is 17.4. The molecule has 1 aliphatic rings. The van der Waals surface area contributed by atoms with Crippen molar-refractivity contribution in [2.45, 2.75) is 32.7 Å². The minimum absolute atomic E-state index is 0.0830. The minimum atomic E-state index is -0.228. The summed E-state index contributed by atoms with van der Waals surface area (Å²) in [4.78, 5) is 21.5. The van der Waals surface area contributed by atoms with Gasteiger partial charge in [0.1, 0.15) is 0 Å². The van der Waals surface area contributed by atoms with Gasteiger partial charge >= 0.3 is 0 Å². The molecule has 1 atom stereocenters. The highest BCUT2D eigenvalue weighted by Crippen LogP contribution is 2.33. The number of rotatable bonds is 4. The van der Waals surface area contributed by atoms with Gasteiger partial charge < -0.3 is 9.42 Å². The molecule has 5 rings (SSSR count). The summed E-state index contributed by atoms with van der Waals surface area (Å²) >= 11 is 0. The summed E-state index contributed by atoms with van der Waals surface area (Å²) in [7, 11) is 0. The van der Waals surface area contributed by atoms with Crippen LogP contribution in [-0.4, -0.2) is 42.5 Å². The van der Waals surface area contributed by atoms with E-state index < -0.39 is 0 Å². The molecule has 2 aromatic heterocycles. The Morgan fingerprint density at radius 2 is 1.87 bits per heavy atom. The number of hydrogen-bond acceptors (Lipinski definition) is 6. The van der Waals surface area contributed by atoms with Gasteiger partial charge in [0.25, 0.3) is 11.8 Å².